The molecular weight excluding hydrogens is 317 g/mol. The minimum Gasteiger partial charge on any atom is -0.392 e. The molecule has 21 heavy (non-hydrogen) atoms. The third-order valence-electron chi connectivity index (χ3n) is 2.67. The van der Waals surface area contributed by atoms with Crippen LogP contribution in [0.15, 0.2) is 42.5 Å². The first-order valence-corrected chi connectivity index (χ1v) is 8.06. The predicted octanol–water partition coefficient (Wildman–Crippen LogP) is 2.91. The lowest BCUT2D eigenvalue weighted by molar-refractivity contribution is 0.282. The molecule has 4 nitrogen and oxygen atoms in total. The third-order valence-corrected chi connectivity index (χ3v) is 4.14. The van der Waals surface area contributed by atoms with Crippen LogP contribution in [0.4, 0.5) is 10.1 Å². The van der Waals surface area contributed by atoms with E-state index in [4.69, 9.17) is 16.7 Å². The maximum atomic E-state index is 13.2. The van der Waals surface area contributed by atoms with Gasteiger partial charge < -0.3 is 5.11 Å². The zero-order valence-corrected chi connectivity index (χ0v) is 12.5. The molecule has 2 aromatic rings. The van der Waals surface area contributed by atoms with E-state index in [2.05, 4.69) is 4.72 Å². The lowest BCUT2D eigenvalue weighted by atomic mass is 10.1. The largest absolute Gasteiger partial charge is 0.392 e. The molecule has 7 heteroatoms. The SMILES string of the molecule is O=S(=O)(Cc1cccc(CO)c1)Nc1cc(F)cc(Cl)c1. The molecule has 0 heterocycles. The summed E-state index contributed by atoms with van der Waals surface area (Å²) in [6.07, 6.45) is 0. The van der Waals surface area contributed by atoms with Gasteiger partial charge in [-0.1, -0.05) is 35.9 Å². The molecule has 2 rings (SSSR count). The summed E-state index contributed by atoms with van der Waals surface area (Å²) in [5.74, 6) is -0.905. The Morgan fingerprint density at radius 1 is 1.14 bits per heavy atom. The smallest absolute Gasteiger partial charge is 0.236 e. The first kappa shape index (κ1) is 15.8. The lowest BCUT2D eigenvalue weighted by Crippen LogP contribution is -2.15. The number of halogens is 2. The van der Waals surface area contributed by atoms with Gasteiger partial charge in [-0.05, 0) is 29.3 Å². The molecule has 0 saturated carbocycles. The van der Waals surface area contributed by atoms with Crippen LogP contribution in [0, 0.1) is 5.82 Å². The van der Waals surface area contributed by atoms with Crippen LogP contribution in [-0.2, 0) is 22.4 Å². The number of aliphatic hydroxyl groups is 1. The lowest BCUT2D eigenvalue weighted by Gasteiger charge is -2.09. The molecule has 0 aliphatic heterocycles. The molecule has 0 aliphatic rings. The molecule has 0 unspecified atom stereocenters. The summed E-state index contributed by atoms with van der Waals surface area (Å²) < 4.78 is 39.6. The Bertz CT molecular complexity index is 729. The van der Waals surface area contributed by atoms with Crippen LogP contribution in [0.1, 0.15) is 11.1 Å². The summed E-state index contributed by atoms with van der Waals surface area (Å²) in [4.78, 5) is 0. The summed E-state index contributed by atoms with van der Waals surface area (Å²) >= 11 is 5.68. The first-order valence-electron chi connectivity index (χ1n) is 6.03. The first-order chi connectivity index (χ1) is 9.88. The molecule has 0 bridgehead atoms. The van der Waals surface area contributed by atoms with Crippen LogP contribution in [0.5, 0.6) is 0 Å². The zero-order valence-electron chi connectivity index (χ0n) is 10.9. The fraction of sp³-hybridized carbons (Fsp3) is 0.143. The van der Waals surface area contributed by atoms with Gasteiger partial charge in [-0.2, -0.15) is 0 Å². The van der Waals surface area contributed by atoms with Gasteiger partial charge in [-0.3, -0.25) is 4.72 Å². The molecule has 0 aliphatic carbocycles. The summed E-state index contributed by atoms with van der Waals surface area (Å²) in [5, 5.41) is 9.14. The molecule has 112 valence electrons. The Hall–Kier alpha value is -1.63. The van der Waals surface area contributed by atoms with E-state index in [9.17, 15) is 12.8 Å². The predicted molar refractivity (Wildman–Crippen MR) is 80.0 cm³/mol. The molecule has 0 amide bonds. The molecule has 0 aromatic heterocycles. The van der Waals surface area contributed by atoms with E-state index in [1.54, 1.807) is 24.3 Å². The average Bonchev–Trinajstić information content (AvgIpc) is 2.36. The van der Waals surface area contributed by atoms with Crippen LogP contribution < -0.4 is 4.72 Å². The minimum atomic E-state index is -3.70. The Balaban J connectivity index is 2.18. The van der Waals surface area contributed by atoms with Gasteiger partial charge in [-0.15, -0.1) is 0 Å². The van der Waals surface area contributed by atoms with Crippen molar-refractivity contribution in [1.29, 1.82) is 0 Å². The molecular formula is C14H13ClFNO3S. The molecule has 0 atom stereocenters. The maximum Gasteiger partial charge on any atom is 0.236 e. The summed E-state index contributed by atoms with van der Waals surface area (Å²) in [5.41, 5.74) is 1.21. The van der Waals surface area contributed by atoms with E-state index in [0.717, 1.165) is 12.1 Å². The van der Waals surface area contributed by atoms with Crippen molar-refractivity contribution in [3.63, 3.8) is 0 Å². The van der Waals surface area contributed by atoms with Crippen molar-refractivity contribution >= 4 is 27.3 Å². The van der Waals surface area contributed by atoms with Crippen molar-refractivity contribution in [2.75, 3.05) is 4.72 Å². The molecule has 0 fully saturated rings. The van der Waals surface area contributed by atoms with Crippen molar-refractivity contribution < 1.29 is 17.9 Å². The Labute approximate surface area is 127 Å². The maximum absolute atomic E-state index is 13.2. The van der Waals surface area contributed by atoms with Crippen molar-refractivity contribution in [3.8, 4) is 0 Å². The van der Waals surface area contributed by atoms with Gasteiger partial charge in [-0.25, -0.2) is 12.8 Å². The quantitative estimate of drug-likeness (QED) is 0.886. The molecule has 0 radical (unpaired) electrons. The molecule has 0 spiro atoms. The van der Waals surface area contributed by atoms with Gasteiger partial charge in [0.05, 0.1) is 18.0 Å². The highest BCUT2D eigenvalue weighted by Gasteiger charge is 2.13. The van der Waals surface area contributed by atoms with Crippen LogP contribution in [0.2, 0.25) is 5.02 Å². The van der Waals surface area contributed by atoms with E-state index in [1.165, 1.54) is 6.07 Å². The number of anilines is 1. The number of benzene rings is 2. The zero-order chi connectivity index (χ0) is 15.5. The third kappa shape index (κ3) is 4.70. The number of rotatable bonds is 5. The highest BCUT2D eigenvalue weighted by atomic mass is 35.5. The van der Waals surface area contributed by atoms with Crippen LogP contribution >= 0.6 is 11.6 Å². The molecule has 0 saturated heterocycles. The van der Waals surface area contributed by atoms with E-state index < -0.39 is 15.8 Å². The normalized spacial score (nSPS) is 11.4. The average molecular weight is 330 g/mol. The number of hydrogen-bond donors (Lipinski definition) is 2. The molecule has 2 N–H and O–H groups in total. The standard InChI is InChI=1S/C14H13ClFNO3S/c15-12-5-13(16)7-14(6-12)17-21(19,20)9-11-3-1-2-10(4-11)8-18/h1-7,17-18H,8-9H2. The second-order valence-electron chi connectivity index (χ2n) is 4.50. The van der Waals surface area contributed by atoms with Crippen LogP contribution in [0.25, 0.3) is 0 Å². The van der Waals surface area contributed by atoms with Crippen molar-refractivity contribution in [3.05, 3.63) is 64.4 Å². The van der Waals surface area contributed by atoms with Crippen molar-refractivity contribution in [2.24, 2.45) is 0 Å². The number of aliphatic hydroxyl groups excluding tert-OH is 1. The van der Waals surface area contributed by atoms with E-state index in [-0.39, 0.29) is 23.1 Å². The highest BCUT2D eigenvalue weighted by molar-refractivity contribution is 7.91. The Kier molecular flexibility index (Phi) is 4.82. The number of hydrogen-bond acceptors (Lipinski definition) is 3. The minimum absolute atomic E-state index is 0.0679. The second-order valence-corrected chi connectivity index (χ2v) is 6.66. The second kappa shape index (κ2) is 6.43. The van der Waals surface area contributed by atoms with Gasteiger partial charge >= 0.3 is 0 Å². The van der Waals surface area contributed by atoms with Crippen LogP contribution in [-0.4, -0.2) is 13.5 Å². The summed E-state index contributed by atoms with van der Waals surface area (Å²) in [6, 6.07) is 10.0. The van der Waals surface area contributed by atoms with Gasteiger partial charge in [0.15, 0.2) is 0 Å². The van der Waals surface area contributed by atoms with Gasteiger partial charge in [0, 0.05) is 5.02 Å². The van der Waals surface area contributed by atoms with E-state index in [0.29, 0.717) is 11.1 Å². The van der Waals surface area contributed by atoms with E-state index >= 15 is 0 Å². The Morgan fingerprint density at radius 2 is 1.86 bits per heavy atom. The summed E-state index contributed by atoms with van der Waals surface area (Å²) in [6.45, 7) is -0.166. The fourth-order valence-electron chi connectivity index (χ4n) is 1.87. The van der Waals surface area contributed by atoms with Crippen molar-refractivity contribution in [1.82, 2.24) is 0 Å². The number of nitrogens with one attached hydrogen (secondary N) is 1. The molecule has 2 aromatic carbocycles. The van der Waals surface area contributed by atoms with Gasteiger partial charge in [0.25, 0.3) is 0 Å². The fourth-order valence-corrected chi connectivity index (χ4v) is 3.25. The monoisotopic (exact) mass is 329 g/mol. The van der Waals surface area contributed by atoms with Crippen LogP contribution in [0.3, 0.4) is 0 Å². The van der Waals surface area contributed by atoms with Gasteiger partial charge in [0.1, 0.15) is 5.82 Å². The van der Waals surface area contributed by atoms with Crippen molar-refractivity contribution in [2.45, 2.75) is 12.4 Å². The highest BCUT2D eigenvalue weighted by Crippen LogP contribution is 2.20. The topological polar surface area (TPSA) is 66.4 Å². The Morgan fingerprint density at radius 3 is 2.52 bits per heavy atom. The van der Waals surface area contributed by atoms with E-state index in [1.807, 2.05) is 0 Å². The number of sulfonamides is 1. The summed E-state index contributed by atoms with van der Waals surface area (Å²) in [7, 11) is -3.70. The van der Waals surface area contributed by atoms with Gasteiger partial charge in [0.2, 0.25) is 10.0 Å².